The molecule has 0 bridgehead atoms. The van der Waals surface area contributed by atoms with Crippen molar-refractivity contribution < 1.29 is 14.2 Å². The van der Waals surface area contributed by atoms with E-state index in [0.717, 1.165) is 0 Å². The van der Waals surface area contributed by atoms with Gasteiger partial charge in [0.15, 0.2) is 0 Å². The summed E-state index contributed by atoms with van der Waals surface area (Å²) in [6.45, 7) is 8.27. The van der Waals surface area contributed by atoms with Gasteiger partial charge in [0.05, 0.1) is 19.3 Å². The highest BCUT2D eigenvalue weighted by Gasteiger charge is 2.11. The standard InChI is InChI=1S/C10H18O3/c1-5-9(6-2)13-10(7-11-3)8-12-4/h5-6,9-10H,1-2,7-8H2,3-4H3. The molecule has 0 radical (unpaired) electrons. The summed E-state index contributed by atoms with van der Waals surface area (Å²) >= 11 is 0. The lowest BCUT2D eigenvalue weighted by Gasteiger charge is -2.19. The molecule has 0 N–H and O–H groups in total. The minimum atomic E-state index is -0.143. The normalized spacial score (nSPS) is 10.8. The molecule has 0 aromatic heterocycles. The van der Waals surface area contributed by atoms with Gasteiger partial charge in [0, 0.05) is 14.2 Å². The third kappa shape index (κ3) is 5.58. The number of hydrogen-bond donors (Lipinski definition) is 0. The topological polar surface area (TPSA) is 27.7 Å². The van der Waals surface area contributed by atoms with Crippen molar-refractivity contribution in [1.29, 1.82) is 0 Å². The molecule has 0 heterocycles. The summed E-state index contributed by atoms with van der Waals surface area (Å²) in [6, 6.07) is 0. The van der Waals surface area contributed by atoms with Crippen LogP contribution in [0, 0.1) is 0 Å². The molecule has 0 saturated carbocycles. The zero-order valence-electron chi connectivity index (χ0n) is 8.36. The predicted molar refractivity (Wildman–Crippen MR) is 52.8 cm³/mol. The average Bonchev–Trinajstić information content (AvgIpc) is 2.14. The van der Waals surface area contributed by atoms with E-state index in [1.54, 1.807) is 26.4 Å². The molecular weight excluding hydrogens is 168 g/mol. The lowest BCUT2D eigenvalue weighted by Crippen LogP contribution is -2.28. The highest BCUT2D eigenvalue weighted by Crippen LogP contribution is 2.02. The van der Waals surface area contributed by atoms with Crippen molar-refractivity contribution >= 4 is 0 Å². The van der Waals surface area contributed by atoms with E-state index in [-0.39, 0.29) is 12.2 Å². The van der Waals surface area contributed by atoms with Gasteiger partial charge in [-0.3, -0.25) is 0 Å². The minimum Gasteiger partial charge on any atom is -0.382 e. The quantitative estimate of drug-likeness (QED) is 0.536. The SMILES string of the molecule is C=CC(C=C)OC(COC)COC. The van der Waals surface area contributed by atoms with Crippen LogP contribution in [0.25, 0.3) is 0 Å². The first-order valence-corrected chi connectivity index (χ1v) is 4.16. The van der Waals surface area contributed by atoms with Gasteiger partial charge in [0.2, 0.25) is 0 Å². The fourth-order valence-electron chi connectivity index (χ4n) is 0.928. The van der Waals surface area contributed by atoms with E-state index in [0.29, 0.717) is 13.2 Å². The molecule has 76 valence electrons. The number of rotatable bonds is 8. The lowest BCUT2D eigenvalue weighted by molar-refractivity contribution is -0.0504. The van der Waals surface area contributed by atoms with Crippen molar-refractivity contribution in [3.63, 3.8) is 0 Å². The first-order valence-electron chi connectivity index (χ1n) is 4.16. The molecule has 0 saturated heterocycles. The van der Waals surface area contributed by atoms with Crippen LogP contribution in [-0.2, 0) is 14.2 Å². The Bertz CT molecular complexity index is 131. The van der Waals surface area contributed by atoms with E-state index in [9.17, 15) is 0 Å². The first kappa shape index (κ1) is 12.4. The van der Waals surface area contributed by atoms with Crippen molar-refractivity contribution in [3.8, 4) is 0 Å². The van der Waals surface area contributed by atoms with Gasteiger partial charge < -0.3 is 14.2 Å². The summed E-state index contributed by atoms with van der Waals surface area (Å²) in [5, 5.41) is 0. The number of hydrogen-bond acceptors (Lipinski definition) is 3. The molecule has 0 atom stereocenters. The minimum absolute atomic E-state index is 0.0731. The summed E-state index contributed by atoms with van der Waals surface area (Å²) in [5.74, 6) is 0. The largest absolute Gasteiger partial charge is 0.382 e. The van der Waals surface area contributed by atoms with Crippen LogP contribution in [0.3, 0.4) is 0 Å². The molecule has 0 aromatic carbocycles. The Balaban J connectivity index is 3.89. The van der Waals surface area contributed by atoms with Gasteiger partial charge in [0.1, 0.15) is 6.10 Å². The predicted octanol–water partition coefficient (Wildman–Crippen LogP) is 1.41. The molecule has 0 unspecified atom stereocenters. The molecule has 0 aliphatic carbocycles. The van der Waals surface area contributed by atoms with Crippen molar-refractivity contribution in [1.82, 2.24) is 0 Å². The maximum atomic E-state index is 5.54. The van der Waals surface area contributed by atoms with Gasteiger partial charge in [-0.25, -0.2) is 0 Å². The fraction of sp³-hybridized carbons (Fsp3) is 0.600. The molecule has 3 nitrogen and oxygen atoms in total. The fourth-order valence-corrected chi connectivity index (χ4v) is 0.928. The van der Waals surface area contributed by atoms with Gasteiger partial charge in [-0.05, 0) is 0 Å². The average molecular weight is 186 g/mol. The van der Waals surface area contributed by atoms with Crippen LogP contribution in [0.5, 0.6) is 0 Å². The molecule has 0 aliphatic heterocycles. The van der Waals surface area contributed by atoms with Crippen molar-refractivity contribution in [3.05, 3.63) is 25.3 Å². The summed E-state index contributed by atoms with van der Waals surface area (Å²) in [5.41, 5.74) is 0. The Hall–Kier alpha value is -0.640. The maximum absolute atomic E-state index is 5.54. The Morgan fingerprint density at radius 3 is 1.85 bits per heavy atom. The van der Waals surface area contributed by atoms with Gasteiger partial charge in [-0.15, -0.1) is 13.2 Å². The second-order valence-electron chi connectivity index (χ2n) is 2.60. The van der Waals surface area contributed by atoms with Crippen LogP contribution in [-0.4, -0.2) is 39.6 Å². The Morgan fingerprint density at radius 1 is 1.08 bits per heavy atom. The molecule has 0 spiro atoms. The van der Waals surface area contributed by atoms with Crippen LogP contribution in [0.4, 0.5) is 0 Å². The van der Waals surface area contributed by atoms with Crippen LogP contribution in [0.2, 0.25) is 0 Å². The van der Waals surface area contributed by atoms with E-state index < -0.39 is 0 Å². The third-order valence-electron chi connectivity index (χ3n) is 1.52. The molecule has 13 heavy (non-hydrogen) atoms. The summed E-state index contributed by atoms with van der Waals surface area (Å²) in [6.07, 6.45) is 3.16. The molecule has 0 aromatic rings. The second-order valence-corrected chi connectivity index (χ2v) is 2.60. The smallest absolute Gasteiger partial charge is 0.105 e. The van der Waals surface area contributed by atoms with E-state index in [2.05, 4.69) is 13.2 Å². The Labute approximate surface area is 80.0 Å². The van der Waals surface area contributed by atoms with Crippen LogP contribution in [0.1, 0.15) is 0 Å². The molecule has 0 fully saturated rings. The summed E-state index contributed by atoms with van der Waals surface area (Å²) in [7, 11) is 3.26. The molecule has 0 rings (SSSR count). The monoisotopic (exact) mass is 186 g/mol. The number of methoxy groups -OCH3 is 2. The summed E-state index contributed by atoms with van der Waals surface area (Å²) in [4.78, 5) is 0. The van der Waals surface area contributed by atoms with Crippen LogP contribution >= 0.6 is 0 Å². The van der Waals surface area contributed by atoms with E-state index in [1.807, 2.05) is 0 Å². The zero-order valence-corrected chi connectivity index (χ0v) is 8.36. The van der Waals surface area contributed by atoms with Crippen molar-refractivity contribution in [2.75, 3.05) is 27.4 Å². The Morgan fingerprint density at radius 2 is 1.54 bits per heavy atom. The molecule has 0 aliphatic rings. The van der Waals surface area contributed by atoms with Gasteiger partial charge in [0.25, 0.3) is 0 Å². The van der Waals surface area contributed by atoms with E-state index in [1.165, 1.54) is 0 Å². The molecule has 0 amide bonds. The second kappa shape index (κ2) is 7.98. The zero-order chi connectivity index (χ0) is 10.1. The van der Waals surface area contributed by atoms with Crippen LogP contribution < -0.4 is 0 Å². The summed E-state index contributed by atoms with van der Waals surface area (Å²) < 4.78 is 15.5. The third-order valence-corrected chi connectivity index (χ3v) is 1.52. The number of ether oxygens (including phenoxy) is 3. The van der Waals surface area contributed by atoms with Crippen molar-refractivity contribution in [2.24, 2.45) is 0 Å². The van der Waals surface area contributed by atoms with Crippen LogP contribution in [0.15, 0.2) is 25.3 Å². The highest BCUT2D eigenvalue weighted by atomic mass is 16.6. The van der Waals surface area contributed by atoms with E-state index >= 15 is 0 Å². The van der Waals surface area contributed by atoms with Gasteiger partial charge in [-0.2, -0.15) is 0 Å². The Kier molecular flexibility index (Phi) is 7.59. The van der Waals surface area contributed by atoms with Gasteiger partial charge >= 0.3 is 0 Å². The molecular formula is C10H18O3. The first-order chi connectivity index (χ1) is 6.28. The maximum Gasteiger partial charge on any atom is 0.105 e. The molecule has 3 heteroatoms. The lowest BCUT2D eigenvalue weighted by atomic mass is 10.3. The van der Waals surface area contributed by atoms with Gasteiger partial charge in [-0.1, -0.05) is 12.2 Å². The van der Waals surface area contributed by atoms with Crippen molar-refractivity contribution in [2.45, 2.75) is 12.2 Å². The highest BCUT2D eigenvalue weighted by molar-refractivity contribution is 4.94. The van der Waals surface area contributed by atoms with E-state index in [4.69, 9.17) is 14.2 Å².